The lowest BCUT2D eigenvalue weighted by atomic mass is 10.2. The molecule has 0 bridgehead atoms. The Kier molecular flexibility index (Phi) is 5.99. The summed E-state index contributed by atoms with van der Waals surface area (Å²) in [5.41, 5.74) is 6.29. The van der Waals surface area contributed by atoms with Crippen molar-refractivity contribution in [3.05, 3.63) is 18.2 Å². The molecule has 0 aliphatic heterocycles. The van der Waals surface area contributed by atoms with Crippen LogP contribution in [0.4, 0.5) is 5.69 Å². The molecule has 0 heterocycles. The number of anilines is 1. The molecule has 0 amide bonds. The normalized spacial score (nSPS) is 11.7. The summed E-state index contributed by atoms with van der Waals surface area (Å²) in [5.74, 6) is 0.750. The van der Waals surface area contributed by atoms with Crippen LogP contribution < -0.4 is 15.2 Å². The molecule has 0 aliphatic carbocycles. The maximum Gasteiger partial charge on any atom is 0.347 e. The molecule has 1 rings (SSSR count). The second-order valence-electron chi connectivity index (χ2n) is 4.05. The van der Waals surface area contributed by atoms with Crippen molar-refractivity contribution < 1.29 is 19.0 Å². The third-order valence-electron chi connectivity index (χ3n) is 2.59. The summed E-state index contributed by atoms with van der Waals surface area (Å²) >= 11 is 0. The summed E-state index contributed by atoms with van der Waals surface area (Å²) in [6, 6.07) is 5.08. The summed E-state index contributed by atoms with van der Waals surface area (Å²) in [7, 11) is 1.56. The molecule has 19 heavy (non-hydrogen) atoms. The van der Waals surface area contributed by atoms with Gasteiger partial charge in [-0.2, -0.15) is 0 Å². The minimum atomic E-state index is -0.624. The van der Waals surface area contributed by atoms with Crippen molar-refractivity contribution in [2.24, 2.45) is 0 Å². The highest BCUT2D eigenvalue weighted by Gasteiger charge is 2.21. The van der Waals surface area contributed by atoms with Gasteiger partial charge >= 0.3 is 5.97 Å². The number of carbonyl (C=O) groups is 1. The van der Waals surface area contributed by atoms with Crippen molar-refractivity contribution in [1.29, 1.82) is 0 Å². The minimum absolute atomic E-state index is 0.334. The molecule has 1 unspecified atom stereocenters. The molecular weight excluding hydrogens is 246 g/mol. The van der Waals surface area contributed by atoms with Gasteiger partial charge in [0.05, 0.1) is 19.4 Å². The van der Waals surface area contributed by atoms with Gasteiger partial charge in [-0.25, -0.2) is 4.79 Å². The summed E-state index contributed by atoms with van der Waals surface area (Å²) in [6.45, 7) is 4.08. The topological polar surface area (TPSA) is 70.8 Å². The molecule has 5 heteroatoms. The Balaban J connectivity index is 2.81. The third kappa shape index (κ3) is 4.35. The molecule has 106 valence electrons. The van der Waals surface area contributed by atoms with Crippen molar-refractivity contribution in [2.75, 3.05) is 19.5 Å². The van der Waals surface area contributed by atoms with Crippen LogP contribution in [-0.2, 0) is 9.53 Å². The van der Waals surface area contributed by atoms with Gasteiger partial charge < -0.3 is 19.9 Å². The third-order valence-corrected chi connectivity index (χ3v) is 2.59. The molecule has 5 nitrogen and oxygen atoms in total. The van der Waals surface area contributed by atoms with Crippen LogP contribution >= 0.6 is 0 Å². The van der Waals surface area contributed by atoms with Gasteiger partial charge in [-0.15, -0.1) is 0 Å². The maximum atomic E-state index is 11.8. The molecule has 1 aromatic carbocycles. The second kappa shape index (κ2) is 7.51. The Hall–Kier alpha value is -1.91. The van der Waals surface area contributed by atoms with Crippen molar-refractivity contribution in [2.45, 2.75) is 32.8 Å². The van der Waals surface area contributed by atoms with Crippen molar-refractivity contribution >= 4 is 11.7 Å². The highest BCUT2D eigenvalue weighted by Crippen LogP contribution is 2.27. The summed E-state index contributed by atoms with van der Waals surface area (Å²) in [5, 5.41) is 0. The van der Waals surface area contributed by atoms with Gasteiger partial charge in [-0.3, -0.25) is 0 Å². The maximum absolute atomic E-state index is 11.8. The van der Waals surface area contributed by atoms with Gasteiger partial charge in [0.15, 0.2) is 6.10 Å². The van der Waals surface area contributed by atoms with Crippen molar-refractivity contribution in [1.82, 2.24) is 0 Å². The number of benzene rings is 1. The standard InChI is InChI=1S/C14H21NO4/c1-4-6-13(14(16)18-5-2)19-12-8-7-10(17-3)9-11(12)15/h7-9,13H,4-6,15H2,1-3H3. The lowest BCUT2D eigenvalue weighted by molar-refractivity contribution is -0.151. The SMILES string of the molecule is CCCC(Oc1ccc(OC)cc1N)C(=O)OCC. The molecule has 1 aromatic rings. The molecule has 0 radical (unpaired) electrons. The summed E-state index contributed by atoms with van der Waals surface area (Å²) < 4.78 is 15.7. The van der Waals surface area contributed by atoms with Gasteiger partial charge in [-0.05, 0) is 25.5 Å². The van der Waals surface area contributed by atoms with Gasteiger partial charge in [0.1, 0.15) is 11.5 Å². The van der Waals surface area contributed by atoms with E-state index in [1.165, 1.54) is 0 Å². The first-order valence-electron chi connectivity index (χ1n) is 6.39. The Morgan fingerprint density at radius 3 is 2.63 bits per heavy atom. The van der Waals surface area contributed by atoms with Gasteiger partial charge in [-0.1, -0.05) is 13.3 Å². The fourth-order valence-corrected chi connectivity index (χ4v) is 1.64. The van der Waals surface area contributed by atoms with Gasteiger partial charge in [0.25, 0.3) is 0 Å². The first-order valence-corrected chi connectivity index (χ1v) is 6.39. The van der Waals surface area contributed by atoms with E-state index in [-0.39, 0.29) is 5.97 Å². The van der Waals surface area contributed by atoms with E-state index in [4.69, 9.17) is 19.9 Å². The molecule has 2 N–H and O–H groups in total. The lowest BCUT2D eigenvalue weighted by Crippen LogP contribution is -2.29. The highest BCUT2D eigenvalue weighted by molar-refractivity contribution is 5.75. The van der Waals surface area contributed by atoms with E-state index in [0.717, 1.165) is 6.42 Å². The number of hydrogen-bond donors (Lipinski definition) is 1. The lowest BCUT2D eigenvalue weighted by Gasteiger charge is -2.18. The highest BCUT2D eigenvalue weighted by atomic mass is 16.6. The second-order valence-corrected chi connectivity index (χ2v) is 4.05. The number of hydrogen-bond acceptors (Lipinski definition) is 5. The van der Waals surface area contributed by atoms with E-state index in [9.17, 15) is 4.79 Å². The summed E-state index contributed by atoms with van der Waals surface area (Å²) in [6.07, 6.45) is 0.782. The molecule has 1 atom stereocenters. The molecule has 0 saturated carbocycles. The average molecular weight is 267 g/mol. The Morgan fingerprint density at radius 2 is 2.11 bits per heavy atom. The van der Waals surface area contributed by atoms with Crippen LogP contribution in [0.5, 0.6) is 11.5 Å². The van der Waals surface area contributed by atoms with E-state index < -0.39 is 6.10 Å². The number of nitrogen functional groups attached to an aromatic ring is 1. The average Bonchev–Trinajstić information content (AvgIpc) is 2.40. The minimum Gasteiger partial charge on any atom is -0.497 e. The Labute approximate surface area is 113 Å². The van der Waals surface area contributed by atoms with Crippen LogP contribution in [0, 0.1) is 0 Å². The molecule has 0 spiro atoms. The monoisotopic (exact) mass is 267 g/mol. The number of carbonyl (C=O) groups excluding carboxylic acids is 1. The van der Waals surface area contributed by atoms with Crippen LogP contribution in [0.25, 0.3) is 0 Å². The number of nitrogens with two attached hydrogens (primary N) is 1. The van der Waals surface area contributed by atoms with E-state index in [2.05, 4.69) is 0 Å². The van der Waals surface area contributed by atoms with Crippen LogP contribution in [0.3, 0.4) is 0 Å². The fourth-order valence-electron chi connectivity index (χ4n) is 1.64. The van der Waals surface area contributed by atoms with E-state index in [1.54, 1.807) is 32.2 Å². The smallest absolute Gasteiger partial charge is 0.347 e. The fraction of sp³-hybridized carbons (Fsp3) is 0.500. The molecule has 0 aliphatic rings. The number of methoxy groups -OCH3 is 1. The van der Waals surface area contributed by atoms with Crippen molar-refractivity contribution in [3.8, 4) is 11.5 Å². The van der Waals surface area contributed by atoms with E-state index in [0.29, 0.717) is 30.2 Å². The first-order chi connectivity index (χ1) is 9.12. The molecule has 0 fully saturated rings. The quantitative estimate of drug-likeness (QED) is 0.606. The zero-order chi connectivity index (χ0) is 14.3. The van der Waals surface area contributed by atoms with Gasteiger partial charge in [0.2, 0.25) is 0 Å². The number of ether oxygens (including phenoxy) is 3. The Bertz CT molecular complexity index is 420. The zero-order valence-corrected chi connectivity index (χ0v) is 11.6. The molecular formula is C14H21NO4. The predicted octanol–water partition coefficient (Wildman–Crippen LogP) is 2.39. The zero-order valence-electron chi connectivity index (χ0n) is 11.6. The molecule has 0 saturated heterocycles. The van der Waals surface area contributed by atoms with Crippen LogP contribution in [0.2, 0.25) is 0 Å². The predicted molar refractivity (Wildman–Crippen MR) is 73.4 cm³/mol. The van der Waals surface area contributed by atoms with Crippen LogP contribution in [0.15, 0.2) is 18.2 Å². The number of rotatable bonds is 7. The summed E-state index contributed by atoms with van der Waals surface area (Å²) in [4.78, 5) is 11.8. The van der Waals surface area contributed by atoms with Crippen molar-refractivity contribution in [3.63, 3.8) is 0 Å². The van der Waals surface area contributed by atoms with Crippen LogP contribution in [-0.4, -0.2) is 25.8 Å². The van der Waals surface area contributed by atoms with Gasteiger partial charge in [0, 0.05) is 6.07 Å². The Morgan fingerprint density at radius 1 is 1.37 bits per heavy atom. The largest absolute Gasteiger partial charge is 0.497 e. The molecule has 0 aromatic heterocycles. The van der Waals surface area contributed by atoms with Crippen LogP contribution in [0.1, 0.15) is 26.7 Å². The first kappa shape index (κ1) is 15.1. The van der Waals surface area contributed by atoms with E-state index in [1.807, 2.05) is 6.92 Å². The number of esters is 1. The van der Waals surface area contributed by atoms with E-state index >= 15 is 0 Å².